The van der Waals surface area contributed by atoms with Crippen LogP contribution in [0.5, 0.6) is 5.75 Å². The molecule has 0 saturated carbocycles. The van der Waals surface area contributed by atoms with Crippen molar-refractivity contribution in [1.82, 2.24) is 4.98 Å². The van der Waals surface area contributed by atoms with E-state index in [9.17, 15) is 5.11 Å². The lowest BCUT2D eigenvalue weighted by Crippen LogP contribution is -2.00. The van der Waals surface area contributed by atoms with Crippen molar-refractivity contribution in [2.45, 2.75) is 19.8 Å². The number of aromatic nitrogens is 1. The van der Waals surface area contributed by atoms with Crippen molar-refractivity contribution < 1.29 is 20.4 Å². The highest BCUT2D eigenvalue weighted by Gasteiger charge is 2.09. The second-order valence-electron chi connectivity index (χ2n) is 2.54. The van der Waals surface area contributed by atoms with E-state index in [1.54, 1.807) is 0 Å². The van der Waals surface area contributed by atoms with Crippen LogP contribution in [0.4, 0.5) is 0 Å². The zero-order chi connectivity index (χ0) is 9.84. The molecule has 0 unspecified atom stereocenters. The molecule has 1 rings (SSSR count). The Morgan fingerprint density at radius 1 is 1.07 bits per heavy atom. The summed E-state index contributed by atoms with van der Waals surface area (Å²) in [6, 6.07) is 1.38. The quantitative estimate of drug-likeness (QED) is 0.562. The van der Waals surface area contributed by atoms with Gasteiger partial charge in [0.15, 0.2) is 0 Å². The van der Waals surface area contributed by atoms with Gasteiger partial charge in [0, 0.05) is 5.56 Å². The van der Waals surface area contributed by atoms with E-state index in [2.05, 4.69) is 4.98 Å². The lowest BCUT2D eigenvalue weighted by atomic mass is 10.2. The van der Waals surface area contributed by atoms with E-state index < -0.39 is 6.61 Å². The number of rotatable bonds is 3. The molecule has 0 fully saturated rings. The molecule has 0 aliphatic heterocycles. The minimum atomic E-state index is -0.424. The van der Waals surface area contributed by atoms with E-state index in [0.29, 0.717) is 5.69 Å². The van der Waals surface area contributed by atoms with Crippen LogP contribution in [0.2, 0.25) is 0 Å². The first-order valence-corrected chi connectivity index (χ1v) is 3.76. The van der Waals surface area contributed by atoms with Crippen molar-refractivity contribution in [3.63, 3.8) is 0 Å². The second-order valence-corrected chi connectivity index (χ2v) is 2.54. The minimum Gasteiger partial charge on any atom is -0.506 e. The van der Waals surface area contributed by atoms with Gasteiger partial charge in [-0.2, -0.15) is 0 Å². The smallest absolute Gasteiger partial charge is 0.145 e. The predicted octanol–water partition coefficient (Wildman–Crippen LogP) is -0.314. The zero-order valence-electron chi connectivity index (χ0n) is 7.34. The largest absolute Gasteiger partial charge is 0.506 e. The molecule has 0 saturated heterocycles. The lowest BCUT2D eigenvalue weighted by molar-refractivity contribution is 0.251. The maximum atomic E-state index is 9.34. The van der Waals surface area contributed by atoms with Crippen molar-refractivity contribution in [3.05, 3.63) is 23.0 Å². The number of aliphatic hydroxyl groups is 3. The first kappa shape index (κ1) is 13.1. The summed E-state index contributed by atoms with van der Waals surface area (Å²) < 4.78 is 0. The Bertz CT molecular complexity index is 280. The molecule has 0 atom stereocenters. The molecule has 1 aromatic heterocycles. The number of aromatic hydroxyl groups is 1. The Balaban J connectivity index is 0.00000169. The molecule has 0 aliphatic carbocycles. The summed E-state index contributed by atoms with van der Waals surface area (Å²) in [6.07, 6.45) is 0. The minimum absolute atomic E-state index is 0. The van der Waals surface area contributed by atoms with Gasteiger partial charge in [0.25, 0.3) is 0 Å². The monoisotopic (exact) mass is 221 g/mol. The van der Waals surface area contributed by atoms with Gasteiger partial charge in [-0.25, -0.2) is 4.98 Å². The summed E-state index contributed by atoms with van der Waals surface area (Å²) in [5.41, 5.74) is 0.629. The molecular formula is C8H12ClNO4. The number of hydrogen-bond donors (Lipinski definition) is 4. The number of hydrogen-bond acceptors (Lipinski definition) is 5. The third kappa shape index (κ3) is 2.55. The fourth-order valence-electron chi connectivity index (χ4n) is 1.03. The van der Waals surface area contributed by atoms with E-state index >= 15 is 0 Å². The van der Waals surface area contributed by atoms with E-state index in [0.717, 1.165) is 0 Å². The molecular weight excluding hydrogens is 210 g/mol. The van der Waals surface area contributed by atoms with Crippen LogP contribution in [0.25, 0.3) is 0 Å². The molecule has 14 heavy (non-hydrogen) atoms. The molecule has 0 amide bonds. The van der Waals surface area contributed by atoms with Gasteiger partial charge >= 0.3 is 0 Å². The Kier molecular flexibility index (Phi) is 5.40. The van der Waals surface area contributed by atoms with E-state index in [1.807, 2.05) is 0 Å². The normalized spacial score (nSPS) is 9.64. The molecule has 5 nitrogen and oxygen atoms in total. The average Bonchev–Trinajstić information content (AvgIpc) is 2.18. The highest BCUT2D eigenvalue weighted by Crippen LogP contribution is 2.21. The van der Waals surface area contributed by atoms with Crippen molar-refractivity contribution in [3.8, 4) is 5.75 Å². The highest BCUT2D eigenvalue weighted by molar-refractivity contribution is 5.85. The maximum absolute atomic E-state index is 9.34. The molecule has 0 spiro atoms. The third-order valence-electron chi connectivity index (χ3n) is 1.68. The van der Waals surface area contributed by atoms with Crippen LogP contribution >= 0.6 is 12.4 Å². The number of nitrogens with zero attached hydrogens (tertiary/aromatic N) is 1. The molecule has 0 bridgehead atoms. The first-order chi connectivity index (χ1) is 6.22. The molecule has 1 aromatic rings. The van der Waals surface area contributed by atoms with Gasteiger partial charge in [0.1, 0.15) is 11.4 Å². The van der Waals surface area contributed by atoms with Crippen molar-refractivity contribution in [1.29, 1.82) is 0 Å². The summed E-state index contributed by atoms with van der Waals surface area (Å²) in [4.78, 5) is 3.76. The molecule has 0 aliphatic rings. The maximum Gasteiger partial charge on any atom is 0.145 e. The Hall–Kier alpha value is -0.880. The van der Waals surface area contributed by atoms with Crippen LogP contribution < -0.4 is 0 Å². The highest BCUT2D eigenvalue weighted by atomic mass is 35.5. The van der Waals surface area contributed by atoms with Gasteiger partial charge in [-0.3, -0.25) is 0 Å². The van der Waals surface area contributed by atoms with Gasteiger partial charge in [-0.1, -0.05) is 0 Å². The van der Waals surface area contributed by atoms with Crippen molar-refractivity contribution in [2.24, 2.45) is 0 Å². The summed E-state index contributed by atoms with van der Waals surface area (Å²) in [5, 5.41) is 35.7. The lowest BCUT2D eigenvalue weighted by Gasteiger charge is -2.07. The van der Waals surface area contributed by atoms with Gasteiger partial charge < -0.3 is 20.4 Å². The Morgan fingerprint density at radius 2 is 1.71 bits per heavy atom. The molecule has 6 heteroatoms. The van der Waals surface area contributed by atoms with Crippen LogP contribution in [0.1, 0.15) is 17.0 Å². The van der Waals surface area contributed by atoms with E-state index in [4.69, 9.17) is 15.3 Å². The van der Waals surface area contributed by atoms with Gasteiger partial charge in [0.05, 0.1) is 25.5 Å². The topological polar surface area (TPSA) is 93.8 Å². The van der Waals surface area contributed by atoms with Crippen molar-refractivity contribution in [2.75, 3.05) is 0 Å². The second kappa shape index (κ2) is 5.77. The summed E-state index contributed by atoms with van der Waals surface area (Å²) in [6.45, 7) is -1.07. The van der Waals surface area contributed by atoms with Gasteiger partial charge in [-0.15, -0.1) is 12.4 Å². The fraction of sp³-hybridized carbons (Fsp3) is 0.375. The van der Waals surface area contributed by atoms with Gasteiger partial charge in [-0.05, 0) is 6.07 Å². The van der Waals surface area contributed by atoms with Crippen LogP contribution in [0, 0.1) is 0 Å². The molecule has 0 aromatic carbocycles. The summed E-state index contributed by atoms with van der Waals surface area (Å²) in [5.74, 6) is -0.220. The Labute approximate surface area is 87.1 Å². The molecule has 80 valence electrons. The Morgan fingerprint density at radius 3 is 2.14 bits per heavy atom. The standard InChI is InChI=1S/C8H11NO4.ClH/c10-2-5-1-6(3-11)9-7(4-12)8(5)13;/h1,10-13H,2-4H2;1H. The average molecular weight is 222 g/mol. The van der Waals surface area contributed by atoms with Crippen LogP contribution in [-0.2, 0) is 19.8 Å². The van der Waals surface area contributed by atoms with E-state index in [-0.39, 0.29) is 42.6 Å². The SMILES string of the molecule is Cl.OCc1cc(CO)c(O)c(CO)n1. The molecule has 1 heterocycles. The molecule has 0 radical (unpaired) electrons. The zero-order valence-corrected chi connectivity index (χ0v) is 8.16. The number of aliphatic hydroxyl groups excluding tert-OH is 3. The third-order valence-corrected chi connectivity index (χ3v) is 1.68. The van der Waals surface area contributed by atoms with Crippen LogP contribution in [0.3, 0.4) is 0 Å². The van der Waals surface area contributed by atoms with Crippen LogP contribution in [0.15, 0.2) is 6.07 Å². The van der Waals surface area contributed by atoms with Crippen molar-refractivity contribution >= 4 is 12.4 Å². The summed E-state index contributed by atoms with van der Waals surface area (Å²) >= 11 is 0. The van der Waals surface area contributed by atoms with Gasteiger partial charge in [0.2, 0.25) is 0 Å². The fourth-order valence-corrected chi connectivity index (χ4v) is 1.03. The molecule has 4 N–H and O–H groups in total. The summed E-state index contributed by atoms with van der Waals surface area (Å²) in [7, 11) is 0. The predicted molar refractivity (Wildman–Crippen MR) is 50.9 cm³/mol. The van der Waals surface area contributed by atoms with Crippen LogP contribution in [-0.4, -0.2) is 25.4 Å². The van der Waals surface area contributed by atoms with E-state index in [1.165, 1.54) is 6.07 Å². The number of pyridine rings is 1. The number of halogens is 1. The first-order valence-electron chi connectivity index (χ1n) is 3.76.